The van der Waals surface area contributed by atoms with Gasteiger partial charge in [0.05, 0.1) is 19.8 Å². The van der Waals surface area contributed by atoms with Crippen LogP contribution in [0.4, 0.5) is 0 Å². The molecule has 0 unspecified atom stereocenters. The minimum Gasteiger partial charge on any atom is -0.379 e. The van der Waals surface area contributed by atoms with Gasteiger partial charge in [-0.25, -0.2) is 0 Å². The second-order valence-corrected chi connectivity index (χ2v) is 4.10. The summed E-state index contributed by atoms with van der Waals surface area (Å²) in [5.41, 5.74) is 0. The first-order chi connectivity index (χ1) is 7.27. The predicted molar refractivity (Wildman–Crippen MR) is 64.3 cm³/mol. The molecule has 92 valence electrons. The van der Waals surface area contributed by atoms with E-state index >= 15 is 0 Å². The highest BCUT2D eigenvalue weighted by Gasteiger charge is 1.93. The molecule has 0 bridgehead atoms. The molecule has 0 saturated carbocycles. The summed E-state index contributed by atoms with van der Waals surface area (Å²) in [7, 11) is 0. The zero-order chi connectivity index (χ0) is 11.4. The highest BCUT2D eigenvalue weighted by Crippen LogP contribution is 2.01. The molecule has 0 aromatic heterocycles. The second-order valence-electron chi connectivity index (χ2n) is 4.10. The molecule has 3 heteroatoms. The summed E-state index contributed by atoms with van der Waals surface area (Å²) < 4.78 is 10.5. The van der Waals surface area contributed by atoms with Crippen LogP contribution in [0, 0.1) is 5.92 Å². The maximum absolute atomic E-state index is 5.38. The Morgan fingerprint density at radius 1 is 1.00 bits per heavy atom. The third-order valence-corrected chi connectivity index (χ3v) is 2.13. The molecule has 0 aliphatic carbocycles. The van der Waals surface area contributed by atoms with E-state index in [-0.39, 0.29) is 0 Å². The molecule has 0 amide bonds. The van der Waals surface area contributed by atoms with Crippen LogP contribution in [0.5, 0.6) is 0 Å². The number of rotatable bonds is 11. The fourth-order valence-electron chi connectivity index (χ4n) is 1.27. The first-order valence-corrected chi connectivity index (χ1v) is 6.13. The van der Waals surface area contributed by atoms with Gasteiger partial charge >= 0.3 is 0 Å². The molecule has 0 atom stereocenters. The van der Waals surface area contributed by atoms with Gasteiger partial charge in [0.25, 0.3) is 0 Å². The lowest BCUT2D eigenvalue weighted by atomic mass is 10.1. The van der Waals surface area contributed by atoms with Gasteiger partial charge in [-0.2, -0.15) is 0 Å². The van der Waals surface area contributed by atoms with Gasteiger partial charge in [0.1, 0.15) is 0 Å². The van der Waals surface area contributed by atoms with Crippen LogP contribution in [0.2, 0.25) is 0 Å². The van der Waals surface area contributed by atoms with Gasteiger partial charge in [-0.05, 0) is 32.2 Å². The first kappa shape index (κ1) is 14.9. The standard InChI is InChI=1S/C12H27NO2/c1-4-14-10-11-15-9-8-13-7-5-6-12(2)3/h12-13H,4-11H2,1-3H3. The number of hydrogen-bond donors (Lipinski definition) is 1. The quantitative estimate of drug-likeness (QED) is 0.537. The van der Waals surface area contributed by atoms with Crippen LogP contribution >= 0.6 is 0 Å². The molecule has 0 aromatic carbocycles. The molecule has 1 N–H and O–H groups in total. The fourth-order valence-corrected chi connectivity index (χ4v) is 1.27. The van der Waals surface area contributed by atoms with E-state index in [1.54, 1.807) is 0 Å². The van der Waals surface area contributed by atoms with E-state index in [1.165, 1.54) is 12.8 Å². The average Bonchev–Trinajstić information content (AvgIpc) is 2.20. The van der Waals surface area contributed by atoms with Gasteiger partial charge in [0.2, 0.25) is 0 Å². The van der Waals surface area contributed by atoms with Crippen molar-refractivity contribution in [3.8, 4) is 0 Å². The zero-order valence-electron chi connectivity index (χ0n) is 10.6. The van der Waals surface area contributed by atoms with Crippen LogP contribution in [0.3, 0.4) is 0 Å². The minimum absolute atomic E-state index is 0.710. The maximum Gasteiger partial charge on any atom is 0.0701 e. The molecule has 0 aliphatic rings. The molecule has 15 heavy (non-hydrogen) atoms. The van der Waals surface area contributed by atoms with Crippen molar-refractivity contribution in [1.29, 1.82) is 0 Å². The minimum atomic E-state index is 0.710. The molecular formula is C12H27NO2. The lowest BCUT2D eigenvalue weighted by Gasteiger charge is -2.07. The van der Waals surface area contributed by atoms with Crippen molar-refractivity contribution in [2.75, 3.05) is 39.5 Å². The molecule has 0 rings (SSSR count). The molecule has 0 aliphatic heterocycles. The summed E-state index contributed by atoms with van der Waals surface area (Å²) in [4.78, 5) is 0. The van der Waals surface area contributed by atoms with E-state index in [0.717, 1.165) is 32.2 Å². The Kier molecular flexibility index (Phi) is 11.9. The van der Waals surface area contributed by atoms with Crippen molar-refractivity contribution in [3.63, 3.8) is 0 Å². The van der Waals surface area contributed by atoms with E-state index in [2.05, 4.69) is 19.2 Å². The number of nitrogens with one attached hydrogen (secondary N) is 1. The van der Waals surface area contributed by atoms with Gasteiger partial charge in [-0.1, -0.05) is 13.8 Å². The third kappa shape index (κ3) is 13.9. The fraction of sp³-hybridized carbons (Fsp3) is 1.00. The molecule has 0 spiro atoms. The highest BCUT2D eigenvalue weighted by molar-refractivity contribution is 4.50. The average molecular weight is 217 g/mol. The Hall–Kier alpha value is -0.120. The van der Waals surface area contributed by atoms with Gasteiger partial charge in [0, 0.05) is 13.2 Å². The number of ether oxygens (including phenoxy) is 2. The van der Waals surface area contributed by atoms with Crippen molar-refractivity contribution >= 4 is 0 Å². The highest BCUT2D eigenvalue weighted by atomic mass is 16.5. The van der Waals surface area contributed by atoms with Crippen molar-refractivity contribution < 1.29 is 9.47 Å². The van der Waals surface area contributed by atoms with E-state index in [0.29, 0.717) is 13.2 Å². The Morgan fingerprint density at radius 3 is 2.40 bits per heavy atom. The van der Waals surface area contributed by atoms with E-state index in [9.17, 15) is 0 Å². The molecule has 3 nitrogen and oxygen atoms in total. The van der Waals surface area contributed by atoms with Crippen molar-refractivity contribution in [3.05, 3.63) is 0 Å². The Bertz CT molecular complexity index is 118. The lowest BCUT2D eigenvalue weighted by Crippen LogP contribution is -2.22. The van der Waals surface area contributed by atoms with Crippen molar-refractivity contribution in [2.24, 2.45) is 5.92 Å². The summed E-state index contributed by atoms with van der Waals surface area (Å²) >= 11 is 0. The summed E-state index contributed by atoms with van der Waals surface area (Å²) in [6.45, 7) is 11.6. The van der Waals surface area contributed by atoms with Crippen LogP contribution in [-0.4, -0.2) is 39.5 Å². The summed E-state index contributed by atoms with van der Waals surface area (Å²) in [5, 5.41) is 3.37. The van der Waals surface area contributed by atoms with Crippen LogP contribution in [0.1, 0.15) is 33.6 Å². The second kappa shape index (κ2) is 12.0. The molecule has 0 fully saturated rings. The van der Waals surface area contributed by atoms with E-state index in [1.807, 2.05) is 6.92 Å². The Balaban J connectivity index is 2.87. The normalized spacial score (nSPS) is 11.2. The Labute approximate surface area is 94.5 Å². The monoisotopic (exact) mass is 217 g/mol. The summed E-state index contributed by atoms with van der Waals surface area (Å²) in [5.74, 6) is 0.814. The van der Waals surface area contributed by atoms with E-state index < -0.39 is 0 Å². The topological polar surface area (TPSA) is 30.5 Å². The van der Waals surface area contributed by atoms with Gasteiger partial charge in [-0.15, -0.1) is 0 Å². The van der Waals surface area contributed by atoms with Crippen LogP contribution < -0.4 is 5.32 Å². The zero-order valence-corrected chi connectivity index (χ0v) is 10.6. The van der Waals surface area contributed by atoms with Crippen molar-refractivity contribution in [2.45, 2.75) is 33.6 Å². The number of hydrogen-bond acceptors (Lipinski definition) is 3. The van der Waals surface area contributed by atoms with Crippen LogP contribution in [-0.2, 0) is 9.47 Å². The van der Waals surface area contributed by atoms with E-state index in [4.69, 9.17) is 9.47 Å². The van der Waals surface area contributed by atoms with Gasteiger partial charge in [-0.3, -0.25) is 0 Å². The van der Waals surface area contributed by atoms with Crippen LogP contribution in [0.25, 0.3) is 0 Å². The largest absolute Gasteiger partial charge is 0.379 e. The molecule has 0 radical (unpaired) electrons. The van der Waals surface area contributed by atoms with Crippen LogP contribution in [0.15, 0.2) is 0 Å². The third-order valence-electron chi connectivity index (χ3n) is 2.13. The van der Waals surface area contributed by atoms with Crippen molar-refractivity contribution in [1.82, 2.24) is 5.32 Å². The smallest absolute Gasteiger partial charge is 0.0701 e. The Morgan fingerprint density at radius 2 is 1.73 bits per heavy atom. The predicted octanol–water partition coefficient (Wildman–Crippen LogP) is 2.07. The van der Waals surface area contributed by atoms with Gasteiger partial charge in [0.15, 0.2) is 0 Å². The molecular weight excluding hydrogens is 190 g/mol. The molecule has 0 saturated heterocycles. The van der Waals surface area contributed by atoms with Gasteiger partial charge < -0.3 is 14.8 Å². The maximum atomic E-state index is 5.38. The SMILES string of the molecule is CCOCCOCCNCCCC(C)C. The first-order valence-electron chi connectivity index (χ1n) is 6.13. The summed E-state index contributed by atoms with van der Waals surface area (Å²) in [6.07, 6.45) is 2.56. The lowest BCUT2D eigenvalue weighted by molar-refractivity contribution is 0.0540. The molecule has 0 aromatic rings. The summed E-state index contributed by atoms with van der Waals surface area (Å²) in [6, 6.07) is 0. The molecule has 0 heterocycles.